The first-order valence-corrected chi connectivity index (χ1v) is 4.78. The van der Waals surface area contributed by atoms with Gasteiger partial charge in [-0.2, -0.15) is 5.10 Å². The number of aryl methyl sites for hydroxylation is 1. The average Bonchev–Trinajstić information content (AvgIpc) is 2.74. The van der Waals surface area contributed by atoms with E-state index in [1.54, 1.807) is 0 Å². The van der Waals surface area contributed by atoms with Crippen LogP contribution in [0.3, 0.4) is 0 Å². The van der Waals surface area contributed by atoms with E-state index in [1.807, 2.05) is 17.1 Å². The van der Waals surface area contributed by atoms with E-state index in [-0.39, 0.29) is 12.1 Å². The minimum absolute atomic E-state index is 0.0411. The summed E-state index contributed by atoms with van der Waals surface area (Å²) in [6.45, 7) is 3.65. The van der Waals surface area contributed by atoms with Gasteiger partial charge in [0.2, 0.25) is 0 Å². The van der Waals surface area contributed by atoms with Crippen molar-refractivity contribution in [3.8, 4) is 0 Å². The zero-order valence-corrected chi connectivity index (χ0v) is 8.18. The molecule has 1 aliphatic rings. The maximum atomic E-state index is 5.43. The van der Waals surface area contributed by atoms with E-state index in [9.17, 15) is 0 Å². The molecule has 0 saturated heterocycles. The molecule has 1 unspecified atom stereocenters. The van der Waals surface area contributed by atoms with Gasteiger partial charge in [0.25, 0.3) is 6.02 Å². The highest BCUT2D eigenvalue weighted by Gasteiger charge is 2.20. The maximum absolute atomic E-state index is 5.43. The van der Waals surface area contributed by atoms with Gasteiger partial charge in [-0.3, -0.25) is 4.68 Å². The fraction of sp³-hybridized carbons (Fsp3) is 0.556. The van der Waals surface area contributed by atoms with E-state index in [2.05, 4.69) is 17.0 Å². The van der Waals surface area contributed by atoms with Crippen LogP contribution in [0, 0.1) is 0 Å². The van der Waals surface area contributed by atoms with Crippen LogP contribution in [0.5, 0.6) is 0 Å². The summed E-state index contributed by atoms with van der Waals surface area (Å²) in [5.41, 5.74) is 6.47. The molecule has 5 nitrogen and oxygen atoms in total. The van der Waals surface area contributed by atoms with Crippen LogP contribution in [-0.2, 0) is 11.3 Å². The zero-order valence-electron chi connectivity index (χ0n) is 8.18. The van der Waals surface area contributed by atoms with Crippen molar-refractivity contribution in [2.75, 3.05) is 6.54 Å². The Balaban J connectivity index is 2.03. The van der Waals surface area contributed by atoms with Gasteiger partial charge in [0.05, 0.1) is 12.7 Å². The Hall–Kier alpha value is -1.52. The summed E-state index contributed by atoms with van der Waals surface area (Å²) < 4.78 is 7.22. The summed E-state index contributed by atoms with van der Waals surface area (Å²) in [4.78, 5) is 3.98. The van der Waals surface area contributed by atoms with Crippen LogP contribution < -0.4 is 5.73 Å². The number of hydrogen-bond acceptors (Lipinski definition) is 4. The smallest absolute Gasteiger partial charge is 0.282 e. The van der Waals surface area contributed by atoms with Gasteiger partial charge in [0.15, 0.2) is 0 Å². The van der Waals surface area contributed by atoms with E-state index >= 15 is 0 Å². The van der Waals surface area contributed by atoms with E-state index in [4.69, 9.17) is 10.5 Å². The monoisotopic (exact) mass is 194 g/mol. The molecule has 1 aromatic rings. The summed E-state index contributed by atoms with van der Waals surface area (Å²) in [5, 5.41) is 4.22. The van der Waals surface area contributed by atoms with Crippen molar-refractivity contribution in [3.05, 3.63) is 18.0 Å². The Morgan fingerprint density at radius 1 is 1.71 bits per heavy atom. The highest BCUT2D eigenvalue weighted by Crippen LogP contribution is 2.20. The lowest BCUT2D eigenvalue weighted by atomic mass is 10.2. The van der Waals surface area contributed by atoms with E-state index in [1.165, 1.54) is 0 Å². The molecule has 5 heteroatoms. The molecule has 14 heavy (non-hydrogen) atoms. The van der Waals surface area contributed by atoms with Crippen molar-refractivity contribution >= 4 is 6.02 Å². The molecule has 76 valence electrons. The number of amidine groups is 1. The third-order valence-electron chi connectivity index (χ3n) is 2.15. The summed E-state index contributed by atoms with van der Waals surface area (Å²) in [5.74, 6) is 0. The fourth-order valence-corrected chi connectivity index (χ4v) is 1.46. The van der Waals surface area contributed by atoms with Gasteiger partial charge in [-0.05, 0) is 6.42 Å². The lowest BCUT2D eigenvalue weighted by molar-refractivity contribution is 0.226. The number of aromatic nitrogens is 2. The molecule has 0 saturated carbocycles. The normalized spacial score (nSPS) is 20.6. The number of aliphatic imine (C=N–C) groups is 1. The molecule has 0 aromatic carbocycles. The molecule has 1 atom stereocenters. The second-order valence-electron chi connectivity index (χ2n) is 3.32. The predicted molar refractivity (Wildman–Crippen MR) is 52.8 cm³/mol. The van der Waals surface area contributed by atoms with Gasteiger partial charge in [0, 0.05) is 18.3 Å². The molecule has 0 aliphatic carbocycles. The van der Waals surface area contributed by atoms with Gasteiger partial charge in [-0.15, -0.1) is 0 Å². The summed E-state index contributed by atoms with van der Waals surface area (Å²) >= 11 is 0. The number of nitrogens with two attached hydrogens (primary N) is 1. The van der Waals surface area contributed by atoms with Gasteiger partial charge < -0.3 is 10.5 Å². The maximum Gasteiger partial charge on any atom is 0.282 e. The topological polar surface area (TPSA) is 65.4 Å². The van der Waals surface area contributed by atoms with Crippen molar-refractivity contribution < 1.29 is 4.74 Å². The van der Waals surface area contributed by atoms with Crippen molar-refractivity contribution in [1.82, 2.24) is 9.78 Å². The lowest BCUT2D eigenvalue weighted by Crippen LogP contribution is -2.12. The Morgan fingerprint density at radius 3 is 3.21 bits per heavy atom. The summed E-state index contributed by atoms with van der Waals surface area (Å²) in [6.07, 6.45) is 4.84. The van der Waals surface area contributed by atoms with Crippen LogP contribution in [0.15, 0.2) is 17.4 Å². The molecule has 0 fully saturated rings. The third-order valence-corrected chi connectivity index (χ3v) is 2.15. The zero-order chi connectivity index (χ0) is 9.97. The first kappa shape index (κ1) is 9.05. The van der Waals surface area contributed by atoms with E-state index < -0.39 is 0 Å². The van der Waals surface area contributed by atoms with Gasteiger partial charge >= 0.3 is 0 Å². The van der Waals surface area contributed by atoms with Crippen LogP contribution in [0.2, 0.25) is 0 Å². The molecule has 0 bridgehead atoms. The molecule has 2 heterocycles. The fourth-order valence-electron chi connectivity index (χ4n) is 1.46. The van der Waals surface area contributed by atoms with Crippen LogP contribution in [-0.4, -0.2) is 22.3 Å². The first-order chi connectivity index (χ1) is 6.79. The SMILES string of the molecule is CCCn1cc(C2CN=C(N)O2)cn1. The first-order valence-electron chi connectivity index (χ1n) is 4.78. The van der Waals surface area contributed by atoms with Crippen LogP contribution in [0.1, 0.15) is 25.0 Å². The molecule has 0 amide bonds. The van der Waals surface area contributed by atoms with Gasteiger partial charge in [-0.1, -0.05) is 6.92 Å². The average molecular weight is 194 g/mol. The van der Waals surface area contributed by atoms with E-state index in [0.29, 0.717) is 6.54 Å². The number of rotatable bonds is 3. The Bertz CT molecular complexity index is 344. The van der Waals surface area contributed by atoms with Crippen LogP contribution >= 0.6 is 0 Å². The molecule has 0 spiro atoms. The second kappa shape index (κ2) is 3.69. The van der Waals surface area contributed by atoms with E-state index in [0.717, 1.165) is 18.5 Å². The quantitative estimate of drug-likeness (QED) is 0.769. The molecule has 2 N–H and O–H groups in total. The molecular formula is C9H14N4O. The minimum atomic E-state index is -0.0411. The third kappa shape index (κ3) is 1.71. The van der Waals surface area contributed by atoms with Crippen molar-refractivity contribution in [3.63, 3.8) is 0 Å². The number of nitrogens with zero attached hydrogens (tertiary/aromatic N) is 3. The Labute approximate surface area is 82.6 Å². The number of hydrogen-bond donors (Lipinski definition) is 1. The standard InChI is InChI=1S/C9H14N4O/c1-2-3-13-6-7(4-12-13)8-5-11-9(10)14-8/h4,6,8H,2-3,5H2,1H3,(H2,10,11). The van der Waals surface area contributed by atoms with Crippen molar-refractivity contribution in [2.24, 2.45) is 10.7 Å². The summed E-state index contributed by atoms with van der Waals surface area (Å²) in [6, 6.07) is 0.276. The lowest BCUT2D eigenvalue weighted by Gasteiger charge is -2.05. The van der Waals surface area contributed by atoms with Gasteiger partial charge in [0.1, 0.15) is 6.10 Å². The Kier molecular flexibility index (Phi) is 2.39. The molecule has 2 rings (SSSR count). The second-order valence-corrected chi connectivity index (χ2v) is 3.32. The molecule has 1 aliphatic heterocycles. The highest BCUT2D eigenvalue weighted by atomic mass is 16.5. The van der Waals surface area contributed by atoms with Crippen molar-refractivity contribution in [1.29, 1.82) is 0 Å². The molecular weight excluding hydrogens is 180 g/mol. The predicted octanol–water partition coefficient (Wildman–Crippen LogP) is 0.679. The minimum Gasteiger partial charge on any atom is -0.455 e. The molecule has 0 radical (unpaired) electrons. The van der Waals surface area contributed by atoms with Gasteiger partial charge in [-0.25, -0.2) is 4.99 Å². The van der Waals surface area contributed by atoms with Crippen LogP contribution in [0.25, 0.3) is 0 Å². The summed E-state index contributed by atoms with van der Waals surface area (Å²) in [7, 11) is 0. The highest BCUT2D eigenvalue weighted by molar-refractivity contribution is 5.73. The van der Waals surface area contributed by atoms with Crippen LogP contribution in [0.4, 0.5) is 0 Å². The van der Waals surface area contributed by atoms with Crippen molar-refractivity contribution in [2.45, 2.75) is 26.0 Å². The largest absolute Gasteiger partial charge is 0.455 e. The Morgan fingerprint density at radius 2 is 2.57 bits per heavy atom. The molecule has 1 aromatic heterocycles. The number of ether oxygens (including phenoxy) is 1.